The Morgan fingerprint density at radius 1 is 1.33 bits per heavy atom. The molecule has 1 aliphatic rings. The third kappa shape index (κ3) is 2.75. The molecule has 0 radical (unpaired) electrons. The van der Waals surface area contributed by atoms with Crippen LogP contribution in [0.3, 0.4) is 0 Å². The molecule has 1 aliphatic heterocycles. The second-order valence-corrected chi connectivity index (χ2v) is 4.91. The van der Waals surface area contributed by atoms with Crippen molar-refractivity contribution < 1.29 is 9.84 Å². The quantitative estimate of drug-likeness (QED) is 0.872. The zero-order chi connectivity index (χ0) is 13.0. The van der Waals surface area contributed by atoms with Gasteiger partial charge in [0.25, 0.3) is 0 Å². The lowest BCUT2D eigenvalue weighted by molar-refractivity contribution is 0.00346. The summed E-state index contributed by atoms with van der Waals surface area (Å²) in [4.78, 5) is 0. The van der Waals surface area contributed by atoms with Crippen molar-refractivity contribution in [3.05, 3.63) is 17.0 Å². The summed E-state index contributed by atoms with van der Waals surface area (Å²) < 4.78 is 7.83. The van der Waals surface area contributed by atoms with E-state index in [1.165, 1.54) is 18.5 Å². The van der Waals surface area contributed by atoms with Gasteiger partial charge in [-0.1, -0.05) is 13.8 Å². The van der Waals surface area contributed by atoms with Crippen molar-refractivity contribution in [2.45, 2.75) is 65.2 Å². The van der Waals surface area contributed by atoms with Crippen molar-refractivity contribution in [3.63, 3.8) is 0 Å². The van der Waals surface area contributed by atoms with E-state index in [-0.39, 0.29) is 6.61 Å². The van der Waals surface area contributed by atoms with Gasteiger partial charge < -0.3 is 9.84 Å². The molecule has 0 aliphatic carbocycles. The molecule has 0 spiro atoms. The summed E-state index contributed by atoms with van der Waals surface area (Å²) in [6, 6.07) is 0. The predicted octanol–water partition coefficient (Wildman–Crippen LogP) is 2.07. The molecule has 0 bridgehead atoms. The summed E-state index contributed by atoms with van der Waals surface area (Å²) in [5, 5.41) is 14.1. The first-order valence-corrected chi connectivity index (χ1v) is 7.10. The van der Waals surface area contributed by atoms with Crippen molar-refractivity contribution in [2.24, 2.45) is 0 Å². The van der Waals surface area contributed by atoms with Gasteiger partial charge in [-0.05, 0) is 32.1 Å². The minimum atomic E-state index is 0.0951. The number of hydrogen-bond acceptors (Lipinski definition) is 3. The average Bonchev–Trinajstić information content (AvgIpc) is 2.76. The molecule has 1 saturated heterocycles. The Morgan fingerprint density at radius 3 is 2.72 bits per heavy atom. The maximum atomic E-state index is 9.50. The van der Waals surface area contributed by atoms with E-state index < -0.39 is 0 Å². The first kappa shape index (κ1) is 13.6. The Labute approximate surface area is 109 Å². The molecule has 1 unspecified atom stereocenters. The molecule has 2 rings (SSSR count). The van der Waals surface area contributed by atoms with Gasteiger partial charge in [0, 0.05) is 17.9 Å². The van der Waals surface area contributed by atoms with Gasteiger partial charge in [-0.3, -0.25) is 4.68 Å². The second kappa shape index (κ2) is 6.34. The monoisotopic (exact) mass is 252 g/mol. The highest BCUT2D eigenvalue weighted by Gasteiger charge is 2.19. The molecule has 0 saturated carbocycles. The van der Waals surface area contributed by atoms with Crippen LogP contribution in [0.5, 0.6) is 0 Å². The number of aliphatic hydroxyl groups is 1. The molecular formula is C14H24N2O2. The summed E-state index contributed by atoms with van der Waals surface area (Å²) in [7, 11) is 0. The first-order chi connectivity index (χ1) is 8.80. The molecular weight excluding hydrogens is 228 g/mol. The largest absolute Gasteiger partial charge is 0.392 e. The molecule has 1 aromatic rings. The number of rotatable bonds is 5. The fourth-order valence-electron chi connectivity index (χ4n) is 2.75. The Kier molecular flexibility index (Phi) is 4.78. The van der Waals surface area contributed by atoms with Gasteiger partial charge in [-0.25, -0.2) is 0 Å². The number of aromatic nitrogens is 2. The van der Waals surface area contributed by atoms with Crippen molar-refractivity contribution in [2.75, 3.05) is 6.61 Å². The van der Waals surface area contributed by atoms with Gasteiger partial charge in [0.05, 0.1) is 24.9 Å². The van der Waals surface area contributed by atoms with Gasteiger partial charge >= 0.3 is 0 Å². The number of aryl methyl sites for hydroxylation is 1. The smallest absolute Gasteiger partial charge is 0.0771 e. The highest BCUT2D eigenvalue weighted by atomic mass is 16.5. The molecule has 1 atom stereocenters. The van der Waals surface area contributed by atoms with E-state index in [0.717, 1.165) is 43.7 Å². The van der Waals surface area contributed by atoms with Gasteiger partial charge in [0.1, 0.15) is 0 Å². The van der Waals surface area contributed by atoms with Crippen molar-refractivity contribution in [1.29, 1.82) is 0 Å². The molecule has 1 aromatic heterocycles. The first-order valence-electron chi connectivity index (χ1n) is 7.10. The molecule has 1 N–H and O–H groups in total. The minimum Gasteiger partial charge on any atom is -0.392 e. The molecule has 4 heteroatoms. The van der Waals surface area contributed by atoms with Crippen LogP contribution in [0, 0.1) is 0 Å². The summed E-state index contributed by atoms with van der Waals surface area (Å²) in [6.07, 6.45) is 5.63. The molecule has 0 aromatic carbocycles. The van der Waals surface area contributed by atoms with Crippen molar-refractivity contribution in [1.82, 2.24) is 9.78 Å². The third-order valence-electron chi connectivity index (χ3n) is 3.73. The van der Waals surface area contributed by atoms with Crippen LogP contribution in [0.2, 0.25) is 0 Å². The Balaban J connectivity index is 2.17. The summed E-state index contributed by atoms with van der Waals surface area (Å²) in [5.41, 5.74) is 3.23. The van der Waals surface area contributed by atoms with Crippen LogP contribution in [-0.4, -0.2) is 27.6 Å². The Morgan fingerprint density at radius 2 is 2.17 bits per heavy atom. The maximum Gasteiger partial charge on any atom is 0.0771 e. The molecule has 0 amide bonds. The zero-order valence-corrected chi connectivity index (χ0v) is 11.5. The van der Waals surface area contributed by atoms with E-state index in [1.807, 2.05) is 0 Å². The normalized spacial score (nSPS) is 20.3. The number of nitrogens with zero attached hydrogens (tertiary/aromatic N) is 2. The fourth-order valence-corrected chi connectivity index (χ4v) is 2.75. The molecule has 18 heavy (non-hydrogen) atoms. The fraction of sp³-hybridized carbons (Fsp3) is 0.786. The summed E-state index contributed by atoms with van der Waals surface area (Å²) >= 11 is 0. The van der Waals surface area contributed by atoms with Crippen LogP contribution >= 0.6 is 0 Å². The van der Waals surface area contributed by atoms with Crippen LogP contribution in [0.25, 0.3) is 0 Å². The molecule has 102 valence electrons. The van der Waals surface area contributed by atoms with Gasteiger partial charge in [0.2, 0.25) is 0 Å². The lowest BCUT2D eigenvalue weighted by Gasteiger charge is -2.23. The standard InChI is InChI=1S/C14H24N2O2/c1-3-13-12(10-17)14(4-2)16(15-13)9-11-7-5-6-8-18-11/h11,17H,3-10H2,1-2H3. The highest BCUT2D eigenvalue weighted by molar-refractivity contribution is 5.26. The van der Waals surface area contributed by atoms with Crippen LogP contribution in [-0.2, 0) is 30.7 Å². The van der Waals surface area contributed by atoms with Crippen molar-refractivity contribution >= 4 is 0 Å². The molecule has 2 heterocycles. The zero-order valence-electron chi connectivity index (χ0n) is 11.5. The van der Waals surface area contributed by atoms with E-state index in [9.17, 15) is 5.11 Å². The topological polar surface area (TPSA) is 47.3 Å². The number of aliphatic hydroxyl groups excluding tert-OH is 1. The molecule has 1 fully saturated rings. The minimum absolute atomic E-state index is 0.0951. The number of ether oxygens (including phenoxy) is 1. The Hall–Kier alpha value is -0.870. The van der Waals surface area contributed by atoms with E-state index in [0.29, 0.717) is 6.10 Å². The van der Waals surface area contributed by atoms with Gasteiger partial charge in [-0.2, -0.15) is 5.10 Å². The second-order valence-electron chi connectivity index (χ2n) is 4.91. The van der Waals surface area contributed by atoms with Crippen LogP contribution in [0.1, 0.15) is 50.1 Å². The highest BCUT2D eigenvalue weighted by Crippen LogP contribution is 2.20. The lowest BCUT2D eigenvalue weighted by Crippen LogP contribution is -2.26. The van der Waals surface area contributed by atoms with Gasteiger partial charge in [-0.15, -0.1) is 0 Å². The Bertz CT molecular complexity index is 381. The van der Waals surface area contributed by atoms with Crippen molar-refractivity contribution in [3.8, 4) is 0 Å². The van der Waals surface area contributed by atoms with E-state index in [4.69, 9.17) is 4.74 Å². The van der Waals surface area contributed by atoms with E-state index in [1.54, 1.807) is 0 Å². The van der Waals surface area contributed by atoms with Gasteiger partial charge in [0.15, 0.2) is 0 Å². The summed E-state index contributed by atoms with van der Waals surface area (Å²) in [5.74, 6) is 0. The van der Waals surface area contributed by atoms with Crippen LogP contribution in [0.15, 0.2) is 0 Å². The summed E-state index contributed by atoms with van der Waals surface area (Å²) in [6.45, 7) is 6.01. The SMILES string of the molecule is CCc1nn(CC2CCCCO2)c(CC)c1CO. The van der Waals surface area contributed by atoms with E-state index >= 15 is 0 Å². The maximum absolute atomic E-state index is 9.50. The van der Waals surface area contributed by atoms with Crippen LogP contribution in [0.4, 0.5) is 0 Å². The van der Waals surface area contributed by atoms with Crippen LogP contribution < -0.4 is 0 Å². The third-order valence-corrected chi connectivity index (χ3v) is 3.73. The van der Waals surface area contributed by atoms with E-state index in [2.05, 4.69) is 23.6 Å². The number of hydrogen-bond donors (Lipinski definition) is 1. The predicted molar refractivity (Wildman–Crippen MR) is 70.5 cm³/mol. The lowest BCUT2D eigenvalue weighted by atomic mass is 10.1. The molecule has 4 nitrogen and oxygen atoms in total. The average molecular weight is 252 g/mol.